The minimum atomic E-state index is -1.20. The molecule has 0 aliphatic rings. The maximum absolute atomic E-state index is 11.7. The van der Waals surface area contributed by atoms with E-state index in [1.807, 2.05) is 12.1 Å². The van der Waals surface area contributed by atoms with Gasteiger partial charge >= 0.3 is 5.97 Å². The van der Waals surface area contributed by atoms with Crippen LogP contribution in [0.5, 0.6) is 0 Å². The maximum Gasteiger partial charge on any atom is 0.328 e. The lowest BCUT2D eigenvalue weighted by atomic mass is 9.98. The van der Waals surface area contributed by atoms with Gasteiger partial charge in [0, 0.05) is 29.4 Å². The van der Waals surface area contributed by atoms with E-state index in [4.69, 9.17) is 10.8 Å². The first-order valence-electron chi connectivity index (χ1n) is 7.68. The lowest BCUT2D eigenvalue weighted by Crippen LogP contribution is -2.11. The van der Waals surface area contributed by atoms with Gasteiger partial charge in [0.2, 0.25) is 5.91 Å². The normalized spacial score (nSPS) is 10.9. The zero-order valence-corrected chi connectivity index (χ0v) is 13.5. The number of carboxylic acid groups (broad SMARTS) is 1. The molecule has 0 unspecified atom stereocenters. The Hall–Kier alpha value is -3.87. The molecule has 0 atom stereocenters. The van der Waals surface area contributed by atoms with E-state index < -0.39 is 17.8 Å². The summed E-state index contributed by atoms with van der Waals surface area (Å²) in [6, 6.07) is 12.4. The molecule has 0 bridgehead atoms. The predicted molar refractivity (Wildman–Crippen MR) is 97.7 cm³/mol. The second-order valence-corrected chi connectivity index (χ2v) is 5.53. The van der Waals surface area contributed by atoms with Gasteiger partial charge in [-0.25, -0.2) is 4.79 Å². The number of rotatable bonds is 5. The molecule has 0 saturated heterocycles. The summed E-state index contributed by atoms with van der Waals surface area (Å²) in [6.45, 7) is 0. The SMILES string of the molecule is NC(=O)c1ccc(-c2cccc(NC(=O)/C=C/C(=O)O)c2)c2cc[nH]c12. The van der Waals surface area contributed by atoms with Crippen molar-refractivity contribution in [2.24, 2.45) is 5.73 Å². The van der Waals surface area contributed by atoms with E-state index in [0.717, 1.165) is 28.7 Å². The molecule has 5 N–H and O–H groups in total. The van der Waals surface area contributed by atoms with Gasteiger partial charge in [-0.1, -0.05) is 18.2 Å². The maximum atomic E-state index is 11.7. The van der Waals surface area contributed by atoms with Crippen molar-refractivity contribution < 1.29 is 19.5 Å². The highest BCUT2D eigenvalue weighted by atomic mass is 16.4. The molecule has 0 spiro atoms. The minimum Gasteiger partial charge on any atom is -0.478 e. The second-order valence-electron chi connectivity index (χ2n) is 5.53. The first kappa shape index (κ1) is 17.0. The molecule has 0 radical (unpaired) electrons. The van der Waals surface area contributed by atoms with Crippen LogP contribution in [0.1, 0.15) is 10.4 Å². The van der Waals surface area contributed by atoms with Crippen molar-refractivity contribution >= 4 is 34.4 Å². The molecule has 2 amide bonds. The molecule has 7 heteroatoms. The molecule has 130 valence electrons. The van der Waals surface area contributed by atoms with Crippen LogP contribution in [-0.2, 0) is 9.59 Å². The molecular weight excluding hydrogens is 334 g/mol. The summed E-state index contributed by atoms with van der Waals surface area (Å²) >= 11 is 0. The second kappa shape index (κ2) is 6.94. The van der Waals surface area contributed by atoms with Crippen molar-refractivity contribution in [3.05, 3.63) is 66.4 Å². The van der Waals surface area contributed by atoms with Crippen LogP contribution in [0.25, 0.3) is 22.0 Å². The number of aromatic amines is 1. The van der Waals surface area contributed by atoms with E-state index in [1.165, 1.54) is 0 Å². The van der Waals surface area contributed by atoms with Crippen molar-refractivity contribution in [1.29, 1.82) is 0 Å². The number of carbonyl (C=O) groups is 3. The number of hydrogen-bond acceptors (Lipinski definition) is 3. The number of hydrogen-bond donors (Lipinski definition) is 4. The topological polar surface area (TPSA) is 125 Å². The standard InChI is InChI=1S/C19H15N3O4/c20-19(26)15-5-4-13(14-8-9-21-18(14)15)11-2-1-3-12(10-11)22-16(23)6-7-17(24)25/h1-10,21H,(H2,20,26)(H,22,23)(H,24,25)/b7-6+. The van der Waals surface area contributed by atoms with Crippen LogP contribution in [0.4, 0.5) is 5.69 Å². The van der Waals surface area contributed by atoms with Gasteiger partial charge in [0.15, 0.2) is 0 Å². The number of aliphatic carboxylic acids is 1. The average molecular weight is 349 g/mol. The van der Waals surface area contributed by atoms with Gasteiger partial charge in [-0.3, -0.25) is 9.59 Å². The quantitative estimate of drug-likeness (QED) is 0.528. The highest BCUT2D eigenvalue weighted by Gasteiger charge is 2.12. The molecule has 0 aliphatic carbocycles. The van der Waals surface area contributed by atoms with Crippen LogP contribution in [0.15, 0.2) is 60.8 Å². The Kier molecular flexibility index (Phi) is 4.53. The number of carboxylic acids is 1. The molecular formula is C19H15N3O4. The van der Waals surface area contributed by atoms with Crippen LogP contribution >= 0.6 is 0 Å². The van der Waals surface area contributed by atoms with Gasteiger partial charge < -0.3 is 21.1 Å². The number of aromatic nitrogens is 1. The highest BCUT2D eigenvalue weighted by Crippen LogP contribution is 2.31. The first-order valence-corrected chi connectivity index (χ1v) is 7.68. The summed E-state index contributed by atoms with van der Waals surface area (Å²) in [5.74, 6) is -2.26. The summed E-state index contributed by atoms with van der Waals surface area (Å²) in [7, 11) is 0. The van der Waals surface area contributed by atoms with E-state index in [-0.39, 0.29) is 0 Å². The van der Waals surface area contributed by atoms with Crippen molar-refractivity contribution in [2.45, 2.75) is 0 Å². The Labute approximate surface area is 148 Å². The molecule has 2 aromatic carbocycles. The lowest BCUT2D eigenvalue weighted by molar-refractivity contribution is -0.131. The first-order chi connectivity index (χ1) is 12.5. The molecule has 1 heterocycles. The number of primary amides is 1. The lowest BCUT2D eigenvalue weighted by Gasteiger charge is -2.09. The Bertz CT molecular complexity index is 1050. The van der Waals surface area contributed by atoms with Crippen LogP contribution in [0, 0.1) is 0 Å². The van der Waals surface area contributed by atoms with E-state index in [1.54, 1.807) is 36.5 Å². The van der Waals surface area contributed by atoms with Crippen molar-refractivity contribution in [3.63, 3.8) is 0 Å². The third-order valence-electron chi connectivity index (χ3n) is 3.81. The van der Waals surface area contributed by atoms with Crippen molar-refractivity contribution in [1.82, 2.24) is 4.98 Å². The van der Waals surface area contributed by atoms with Crippen LogP contribution in [0.3, 0.4) is 0 Å². The third-order valence-corrected chi connectivity index (χ3v) is 3.81. The van der Waals surface area contributed by atoms with Gasteiger partial charge in [-0.2, -0.15) is 0 Å². The predicted octanol–water partition coefficient (Wildman–Crippen LogP) is 2.51. The molecule has 0 fully saturated rings. The van der Waals surface area contributed by atoms with Gasteiger partial charge in [-0.05, 0) is 35.4 Å². The minimum absolute atomic E-state index is 0.400. The van der Waals surface area contributed by atoms with Gasteiger partial charge in [0.05, 0.1) is 11.1 Å². The number of nitrogens with one attached hydrogen (secondary N) is 2. The largest absolute Gasteiger partial charge is 0.478 e. The number of amides is 2. The summed E-state index contributed by atoms with van der Waals surface area (Å²) in [5.41, 5.74) is 8.66. The van der Waals surface area contributed by atoms with E-state index in [0.29, 0.717) is 16.8 Å². The van der Waals surface area contributed by atoms with Crippen LogP contribution in [0.2, 0.25) is 0 Å². The Balaban J connectivity index is 1.96. The number of nitrogens with two attached hydrogens (primary N) is 1. The molecule has 26 heavy (non-hydrogen) atoms. The summed E-state index contributed by atoms with van der Waals surface area (Å²) in [5, 5.41) is 12.0. The monoisotopic (exact) mass is 349 g/mol. The molecule has 3 rings (SSSR count). The summed E-state index contributed by atoms with van der Waals surface area (Å²) < 4.78 is 0. The fourth-order valence-corrected chi connectivity index (χ4v) is 2.71. The van der Waals surface area contributed by atoms with Crippen molar-refractivity contribution in [2.75, 3.05) is 5.32 Å². The molecule has 3 aromatic rings. The van der Waals surface area contributed by atoms with Crippen LogP contribution < -0.4 is 11.1 Å². The Morgan fingerprint density at radius 1 is 1.08 bits per heavy atom. The smallest absolute Gasteiger partial charge is 0.328 e. The fraction of sp³-hybridized carbons (Fsp3) is 0. The summed E-state index contributed by atoms with van der Waals surface area (Å²) in [6.07, 6.45) is 3.44. The molecule has 0 saturated carbocycles. The number of anilines is 1. The fourth-order valence-electron chi connectivity index (χ4n) is 2.71. The molecule has 0 aliphatic heterocycles. The van der Waals surface area contributed by atoms with Gasteiger partial charge in [0.1, 0.15) is 0 Å². The van der Waals surface area contributed by atoms with Crippen molar-refractivity contribution in [3.8, 4) is 11.1 Å². The molecule has 1 aromatic heterocycles. The van der Waals surface area contributed by atoms with E-state index in [2.05, 4.69) is 10.3 Å². The average Bonchev–Trinajstić information content (AvgIpc) is 3.08. The number of benzene rings is 2. The summed E-state index contributed by atoms with van der Waals surface area (Å²) in [4.78, 5) is 36.8. The number of carbonyl (C=O) groups excluding carboxylic acids is 2. The van der Waals surface area contributed by atoms with Gasteiger partial charge in [-0.15, -0.1) is 0 Å². The highest BCUT2D eigenvalue weighted by molar-refractivity contribution is 6.09. The van der Waals surface area contributed by atoms with E-state index >= 15 is 0 Å². The Morgan fingerprint density at radius 2 is 1.88 bits per heavy atom. The van der Waals surface area contributed by atoms with E-state index in [9.17, 15) is 14.4 Å². The zero-order valence-electron chi connectivity index (χ0n) is 13.5. The third kappa shape index (κ3) is 3.46. The molecule has 7 nitrogen and oxygen atoms in total. The zero-order chi connectivity index (χ0) is 18.7. The number of fused-ring (bicyclic) bond motifs is 1. The van der Waals surface area contributed by atoms with Gasteiger partial charge in [0.25, 0.3) is 5.91 Å². The van der Waals surface area contributed by atoms with Crippen LogP contribution in [-0.4, -0.2) is 27.9 Å². The Morgan fingerprint density at radius 3 is 2.62 bits per heavy atom. The number of H-pyrrole nitrogens is 1.